The Bertz CT molecular complexity index is 807. The number of sulfonamides is 1. The summed E-state index contributed by atoms with van der Waals surface area (Å²) in [5.74, 6) is 0.935. The summed E-state index contributed by atoms with van der Waals surface area (Å²) in [4.78, 5) is 7.23. The van der Waals surface area contributed by atoms with Gasteiger partial charge in [0.1, 0.15) is 0 Å². The fourth-order valence-corrected chi connectivity index (χ4v) is 5.74. The first kappa shape index (κ1) is 24.4. The van der Waals surface area contributed by atoms with Crippen LogP contribution in [0.5, 0.6) is 0 Å². The number of nitrogens with one attached hydrogen (secondary N) is 2. The zero-order valence-corrected chi connectivity index (χ0v) is 20.9. The van der Waals surface area contributed by atoms with Crippen LogP contribution >= 0.6 is 24.0 Å². The lowest BCUT2D eigenvalue weighted by molar-refractivity contribution is 0.151. The van der Waals surface area contributed by atoms with E-state index in [9.17, 15) is 8.42 Å². The van der Waals surface area contributed by atoms with Crippen LogP contribution in [0.3, 0.4) is 0 Å². The van der Waals surface area contributed by atoms with Crippen molar-refractivity contribution in [2.24, 2.45) is 10.4 Å². The number of aliphatic imine (C=N–C) groups is 1. The summed E-state index contributed by atoms with van der Waals surface area (Å²) in [5, 5.41) is 3.42. The van der Waals surface area contributed by atoms with Gasteiger partial charge in [-0.25, -0.2) is 18.1 Å². The number of hydrogen-bond donors (Lipinski definition) is 2. The molecule has 1 saturated heterocycles. The molecule has 2 N–H and O–H groups in total. The Kier molecular flexibility index (Phi) is 8.78. The number of halogens is 1. The molecule has 29 heavy (non-hydrogen) atoms. The van der Waals surface area contributed by atoms with Crippen molar-refractivity contribution >= 4 is 40.0 Å². The highest BCUT2D eigenvalue weighted by atomic mass is 127. The molecule has 3 rings (SSSR count). The summed E-state index contributed by atoms with van der Waals surface area (Å²) in [6.45, 7) is 9.22. The lowest BCUT2D eigenvalue weighted by Gasteiger charge is -2.38. The maximum Gasteiger partial charge on any atom is 0.216 e. The van der Waals surface area contributed by atoms with E-state index in [1.54, 1.807) is 0 Å². The van der Waals surface area contributed by atoms with Gasteiger partial charge in [0.25, 0.3) is 0 Å². The molecule has 1 aromatic carbocycles. The van der Waals surface area contributed by atoms with Gasteiger partial charge in [0, 0.05) is 25.7 Å². The molecule has 1 aliphatic carbocycles. The third-order valence-corrected chi connectivity index (χ3v) is 7.29. The molecule has 1 aliphatic heterocycles. The quantitative estimate of drug-likeness (QED) is 0.319. The maximum atomic E-state index is 12.4. The van der Waals surface area contributed by atoms with Crippen LogP contribution in [0.25, 0.3) is 0 Å². The van der Waals surface area contributed by atoms with Crippen molar-refractivity contribution in [3.63, 3.8) is 0 Å². The van der Waals surface area contributed by atoms with Gasteiger partial charge < -0.3 is 10.2 Å². The Balaban J connectivity index is 0.00000300. The molecule has 6 nitrogen and oxygen atoms in total. The van der Waals surface area contributed by atoms with E-state index in [4.69, 9.17) is 4.99 Å². The lowest BCUT2D eigenvalue weighted by Crippen LogP contribution is -2.42. The van der Waals surface area contributed by atoms with Crippen LogP contribution in [0, 0.1) is 5.41 Å². The minimum Gasteiger partial charge on any atom is -0.357 e. The van der Waals surface area contributed by atoms with Gasteiger partial charge in [-0.2, -0.15) is 0 Å². The second-order valence-corrected chi connectivity index (χ2v) is 10.2. The van der Waals surface area contributed by atoms with E-state index >= 15 is 0 Å². The SMILES string of the molecule is CCNC(=NCc1ccccc1CS(=O)(=O)NC(C)C)N1CCC2(CCC2)C1.I. The summed E-state index contributed by atoms with van der Waals surface area (Å²) in [5.41, 5.74) is 2.29. The van der Waals surface area contributed by atoms with Crippen molar-refractivity contribution in [2.75, 3.05) is 19.6 Å². The summed E-state index contributed by atoms with van der Waals surface area (Å²) in [6.07, 6.45) is 5.29. The Hall–Kier alpha value is -0.870. The van der Waals surface area contributed by atoms with Gasteiger partial charge in [-0.1, -0.05) is 30.7 Å². The van der Waals surface area contributed by atoms with E-state index < -0.39 is 10.0 Å². The molecule has 0 amide bonds. The minimum absolute atomic E-state index is 0. The molecule has 1 saturated carbocycles. The molecule has 0 bridgehead atoms. The van der Waals surface area contributed by atoms with Crippen LogP contribution in [0.1, 0.15) is 57.6 Å². The molecule has 1 heterocycles. The summed E-state index contributed by atoms with van der Waals surface area (Å²) >= 11 is 0. The molecule has 164 valence electrons. The molecular formula is C21H35IN4O2S. The van der Waals surface area contributed by atoms with Crippen LogP contribution in [-0.4, -0.2) is 45.0 Å². The van der Waals surface area contributed by atoms with Gasteiger partial charge >= 0.3 is 0 Å². The Morgan fingerprint density at radius 3 is 2.45 bits per heavy atom. The standard InChI is InChI=1S/C21H34N4O2S.HI/c1-4-22-20(25-13-12-21(16-25)10-7-11-21)23-14-18-8-5-6-9-19(18)15-28(26,27)24-17(2)3;/h5-6,8-9,17,24H,4,7,10-16H2,1-3H3,(H,22,23);1H. The third-order valence-electron chi connectivity index (χ3n) is 5.77. The molecule has 2 fully saturated rings. The Morgan fingerprint density at radius 2 is 1.90 bits per heavy atom. The second-order valence-electron chi connectivity index (χ2n) is 8.50. The summed E-state index contributed by atoms with van der Waals surface area (Å²) < 4.78 is 27.4. The Morgan fingerprint density at radius 1 is 1.21 bits per heavy atom. The topological polar surface area (TPSA) is 73.8 Å². The minimum atomic E-state index is -3.36. The predicted octanol–water partition coefficient (Wildman–Crippen LogP) is 3.47. The van der Waals surface area contributed by atoms with Gasteiger partial charge in [0.05, 0.1) is 12.3 Å². The number of guanidine groups is 1. The average Bonchev–Trinajstić information content (AvgIpc) is 3.04. The highest BCUT2D eigenvalue weighted by molar-refractivity contribution is 14.0. The first-order valence-corrected chi connectivity index (χ1v) is 12.1. The maximum absolute atomic E-state index is 12.4. The van der Waals surface area contributed by atoms with Crippen LogP contribution in [-0.2, 0) is 22.3 Å². The zero-order chi connectivity index (χ0) is 20.2. The summed E-state index contributed by atoms with van der Waals surface area (Å²) in [6, 6.07) is 7.59. The number of nitrogens with zero attached hydrogens (tertiary/aromatic N) is 2. The first-order valence-electron chi connectivity index (χ1n) is 10.4. The zero-order valence-electron chi connectivity index (χ0n) is 17.8. The van der Waals surface area contributed by atoms with Crippen LogP contribution in [0.2, 0.25) is 0 Å². The molecule has 0 aromatic heterocycles. The van der Waals surface area contributed by atoms with Crippen LogP contribution in [0.4, 0.5) is 0 Å². The van der Waals surface area contributed by atoms with Crippen molar-refractivity contribution in [3.8, 4) is 0 Å². The second kappa shape index (κ2) is 10.4. The highest BCUT2D eigenvalue weighted by Crippen LogP contribution is 2.47. The monoisotopic (exact) mass is 534 g/mol. The molecule has 0 atom stereocenters. The van der Waals surface area contributed by atoms with Crippen LogP contribution < -0.4 is 10.0 Å². The lowest BCUT2D eigenvalue weighted by atomic mass is 9.68. The van der Waals surface area contributed by atoms with Crippen LogP contribution in [0.15, 0.2) is 29.3 Å². The van der Waals surface area contributed by atoms with Crippen molar-refractivity contribution in [3.05, 3.63) is 35.4 Å². The molecule has 0 radical (unpaired) electrons. The van der Waals surface area contributed by atoms with Gasteiger partial charge in [-0.05, 0) is 56.6 Å². The average molecular weight is 535 g/mol. The van der Waals surface area contributed by atoms with Crippen molar-refractivity contribution in [1.29, 1.82) is 0 Å². The predicted molar refractivity (Wildman–Crippen MR) is 130 cm³/mol. The number of benzene rings is 1. The van der Waals surface area contributed by atoms with Gasteiger partial charge in [0.15, 0.2) is 5.96 Å². The van der Waals surface area contributed by atoms with E-state index in [0.29, 0.717) is 12.0 Å². The van der Waals surface area contributed by atoms with E-state index in [1.807, 2.05) is 38.1 Å². The van der Waals surface area contributed by atoms with Crippen molar-refractivity contribution in [1.82, 2.24) is 14.9 Å². The van der Waals surface area contributed by atoms with Crippen molar-refractivity contribution in [2.45, 2.75) is 64.8 Å². The van der Waals surface area contributed by atoms with E-state index in [0.717, 1.165) is 36.7 Å². The first-order chi connectivity index (χ1) is 13.3. The van der Waals surface area contributed by atoms with Gasteiger partial charge in [-0.3, -0.25) is 0 Å². The van der Waals surface area contributed by atoms with Gasteiger partial charge in [0.2, 0.25) is 10.0 Å². The fourth-order valence-electron chi connectivity index (χ4n) is 4.24. The molecule has 1 aromatic rings. The number of likely N-dealkylation sites (tertiary alicyclic amines) is 1. The molecule has 1 spiro atoms. The molecule has 8 heteroatoms. The Labute approximate surface area is 193 Å². The molecule has 2 aliphatic rings. The molecular weight excluding hydrogens is 499 g/mol. The fraction of sp³-hybridized carbons (Fsp3) is 0.667. The third kappa shape index (κ3) is 6.55. The highest BCUT2D eigenvalue weighted by Gasteiger charge is 2.43. The van der Waals surface area contributed by atoms with E-state index in [-0.39, 0.29) is 35.8 Å². The summed E-state index contributed by atoms with van der Waals surface area (Å²) in [7, 11) is -3.36. The number of rotatable bonds is 7. The molecule has 0 unspecified atom stereocenters. The smallest absolute Gasteiger partial charge is 0.216 e. The van der Waals surface area contributed by atoms with E-state index in [1.165, 1.54) is 25.7 Å². The van der Waals surface area contributed by atoms with E-state index in [2.05, 4.69) is 21.9 Å². The van der Waals surface area contributed by atoms with Gasteiger partial charge in [-0.15, -0.1) is 24.0 Å². The largest absolute Gasteiger partial charge is 0.357 e. The van der Waals surface area contributed by atoms with Crippen molar-refractivity contribution < 1.29 is 8.42 Å². The number of hydrogen-bond acceptors (Lipinski definition) is 3. The normalized spacial score (nSPS) is 18.6.